The lowest BCUT2D eigenvalue weighted by Gasteiger charge is -2.48. The molecule has 1 heterocycles. The maximum absolute atomic E-state index is 11.4. The average Bonchev–Trinajstić information content (AvgIpc) is 3.00. The van der Waals surface area contributed by atoms with Gasteiger partial charge in [-0.3, -0.25) is 4.90 Å². The number of hydrogen-bond acceptors (Lipinski definition) is 5. The molecule has 1 aliphatic heterocycles. The number of aliphatic hydroxyl groups excluding tert-OH is 1. The Morgan fingerprint density at radius 1 is 1.32 bits per heavy atom. The summed E-state index contributed by atoms with van der Waals surface area (Å²) in [4.78, 5) is 2.28. The van der Waals surface area contributed by atoms with Gasteiger partial charge in [0.2, 0.25) is 0 Å². The highest BCUT2D eigenvalue weighted by molar-refractivity contribution is 5.16. The van der Waals surface area contributed by atoms with Crippen LogP contribution in [0.3, 0.4) is 0 Å². The second-order valence-electron chi connectivity index (χ2n) is 9.30. The summed E-state index contributed by atoms with van der Waals surface area (Å²) >= 11 is 0. The standard InChI is InChI=1S/C23H38N2O3/c1-8-16(2)19(24)20(21(26)18-15-27-23(6,7)28-18)25(22(3,4)5)14-17-12-10-9-11-13-17/h8-13,16,18-21,26H,1,14-15,24H2,2-7H3/t16-,18-,19-,20+,21-/m1/s1. The zero-order valence-electron chi connectivity index (χ0n) is 18.3. The van der Waals surface area contributed by atoms with Crippen LogP contribution >= 0.6 is 0 Å². The fourth-order valence-electron chi connectivity index (χ4n) is 3.76. The van der Waals surface area contributed by atoms with Gasteiger partial charge in [0.1, 0.15) is 6.10 Å². The molecule has 3 N–H and O–H groups in total. The molecule has 0 spiro atoms. The molecule has 158 valence electrons. The highest BCUT2D eigenvalue weighted by atomic mass is 16.7. The lowest BCUT2D eigenvalue weighted by molar-refractivity contribution is -0.161. The molecule has 28 heavy (non-hydrogen) atoms. The van der Waals surface area contributed by atoms with E-state index in [-0.39, 0.29) is 23.5 Å². The molecule has 5 heteroatoms. The van der Waals surface area contributed by atoms with Crippen molar-refractivity contribution in [2.45, 2.75) is 83.7 Å². The molecule has 0 radical (unpaired) electrons. The van der Waals surface area contributed by atoms with Gasteiger partial charge in [0.25, 0.3) is 0 Å². The van der Waals surface area contributed by atoms with Crippen molar-refractivity contribution >= 4 is 0 Å². The predicted molar refractivity (Wildman–Crippen MR) is 114 cm³/mol. The molecule has 1 aromatic rings. The molecule has 0 saturated carbocycles. The molecule has 1 aromatic carbocycles. The summed E-state index contributed by atoms with van der Waals surface area (Å²) < 4.78 is 11.7. The maximum atomic E-state index is 11.4. The molecule has 2 rings (SSSR count). The van der Waals surface area contributed by atoms with Gasteiger partial charge in [-0.05, 0) is 46.1 Å². The summed E-state index contributed by atoms with van der Waals surface area (Å²) in [7, 11) is 0. The van der Waals surface area contributed by atoms with Crippen molar-refractivity contribution in [2.75, 3.05) is 6.61 Å². The van der Waals surface area contributed by atoms with E-state index in [1.54, 1.807) is 0 Å². The molecule has 0 aromatic heterocycles. The number of nitrogens with two attached hydrogens (primary N) is 1. The molecule has 5 atom stereocenters. The first-order valence-corrected chi connectivity index (χ1v) is 10.1. The Hall–Kier alpha value is -1.24. The quantitative estimate of drug-likeness (QED) is 0.667. The Kier molecular flexibility index (Phi) is 7.45. The summed E-state index contributed by atoms with van der Waals surface area (Å²) in [5.41, 5.74) is 7.65. The molecule has 0 bridgehead atoms. The lowest BCUT2D eigenvalue weighted by atomic mass is 9.85. The van der Waals surface area contributed by atoms with E-state index >= 15 is 0 Å². The van der Waals surface area contributed by atoms with Crippen LogP contribution in [-0.2, 0) is 16.0 Å². The summed E-state index contributed by atoms with van der Waals surface area (Å²) in [6, 6.07) is 9.65. The SMILES string of the molecule is C=C[C@@H](C)[C@@H](N)[C@@H]([C@H](O)[C@H]1COC(C)(C)O1)N(Cc1ccccc1)C(C)(C)C. The van der Waals surface area contributed by atoms with Crippen LogP contribution in [-0.4, -0.2) is 52.2 Å². The van der Waals surface area contributed by atoms with Gasteiger partial charge in [0.05, 0.1) is 18.8 Å². The number of ether oxygens (including phenoxy) is 2. The van der Waals surface area contributed by atoms with Crippen LogP contribution in [0.2, 0.25) is 0 Å². The molecular formula is C23H38N2O3. The summed E-state index contributed by atoms with van der Waals surface area (Å²) in [6.45, 7) is 17.2. The van der Waals surface area contributed by atoms with Gasteiger partial charge < -0.3 is 20.3 Å². The fraction of sp³-hybridized carbons (Fsp3) is 0.652. The van der Waals surface area contributed by atoms with E-state index in [9.17, 15) is 5.11 Å². The summed E-state index contributed by atoms with van der Waals surface area (Å²) in [5.74, 6) is -0.660. The molecule has 0 amide bonds. The Morgan fingerprint density at radius 2 is 1.93 bits per heavy atom. The van der Waals surface area contributed by atoms with Crippen molar-refractivity contribution in [3.05, 3.63) is 48.6 Å². The molecular weight excluding hydrogens is 352 g/mol. The molecule has 0 unspecified atom stereocenters. The number of benzene rings is 1. The lowest BCUT2D eigenvalue weighted by Crippen LogP contribution is -2.63. The van der Waals surface area contributed by atoms with Crippen molar-refractivity contribution in [2.24, 2.45) is 11.7 Å². The van der Waals surface area contributed by atoms with E-state index in [1.165, 1.54) is 5.56 Å². The topological polar surface area (TPSA) is 68.0 Å². The minimum Gasteiger partial charge on any atom is -0.389 e. The van der Waals surface area contributed by atoms with Crippen LogP contribution in [0.4, 0.5) is 0 Å². The molecule has 0 aliphatic carbocycles. The van der Waals surface area contributed by atoms with Gasteiger partial charge in [-0.2, -0.15) is 0 Å². The summed E-state index contributed by atoms with van der Waals surface area (Å²) in [5, 5.41) is 11.4. The highest BCUT2D eigenvalue weighted by Crippen LogP contribution is 2.32. The van der Waals surface area contributed by atoms with E-state index in [4.69, 9.17) is 15.2 Å². The largest absolute Gasteiger partial charge is 0.389 e. The van der Waals surface area contributed by atoms with Crippen molar-refractivity contribution in [3.63, 3.8) is 0 Å². The predicted octanol–water partition coefficient (Wildman–Crippen LogP) is 3.32. The van der Waals surface area contributed by atoms with Crippen molar-refractivity contribution < 1.29 is 14.6 Å². The third-order valence-electron chi connectivity index (χ3n) is 5.55. The van der Waals surface area contributed by atoms with E-state index in [1.807, 2.05) is 45.0 Å². The van der Waals surface area contributed by atoms with Crippen molar-refractivity contribution in [3.8, 4) is 0 Å². The van der Waals surface area contributed by atoms with Crippen LogP contribution < -0.4 is 5.73 Å². The monoisotopic (exact) mass is 390 g/mol. The zero-order valence-corrected chi connectivity index (χ0v) is 18.3. The van der Waals surface area contributed by atoms with Crippen LogP contribution in [0, 0.1) is 5.92 Å². The molecule has 1 saturated heterocycles. The van der Waals surface area contributed by atoms with Gasteiger partial charge in [0.15, 0.2) is 5.79 Å². The number of aliphatic hydroxyl groups is 1. The van der Waals surface area contributed by atoms with Crippen LogP contribution in [0.1, 0.15) is 47.1 Å². The first kappa shape index (κ1) is 23.0. The van der Waals surface area contributed by atoms with E-state index < -0.39 is 18.0 Å². The average molecular weight is 391 g/mol. The molecule has 5 nitrogen and oxygen atoms in total. The Morgan fingerprint density at radius 3 is 2.39 bits per heavy atom. The van der Waals surface area contributed by atoms with Gasteiger partial charge in [-0.1, -0.05) is 43.3 Å². The second kappa shape index (κ2) is 9.06. The van der Waals surface area contributed by atoms with Crippen LogP contribution in [0.5, 0.6) is 0 Å². The number of rotatable bonds is 8. The maximum Gasteiger partial charge on any atom is 0.163 e. The Labute approximate surface area is 170 Å². The van der Waals surface area contributed by atoms with E-state index in [2.05, 4.69) is 44.4 Å². The zero-order chi connectivity index (χ0) is 21.1. The van der Waals surface area contributed by atoms with E-state index in [0.29, 0.717) is 13.2 Å². The Bertz CT molecular complexity index is 626. The first-order chi connectivity index (χ1) is 13.0. The van der Waals surface area contributed by atoms with Gasteiger partial charge in [0, 0.05) is 18.1 Å². The highest BCUT2D eigenvalue weighted by Gasteiger charge is 2.46. The summed E-state index contributed by atoms with van der Waals surface area (Å²) in [6.07, 6.45) is 0.634. The van der Waals surface area contributed by atoms with Gasteiger partial charge in [-0.15, -0.1) is 6.58 Å². The van der Waals surface area contributed by atoms with Gasteiger partial charge in [-0.25, -0.2) is 0 Å². The van der Waals surface area contributed by atoms with Crippen LogP contribution in [0.25, 0.3) is 0 Å². The third kappa shape index (κ3) is 5.65. The second-order valence-corrected chi connectivity index (χ2v) is 9.30. The van der Waals surface area contributed by atoms with Crippen molar-refractivity contribution in [1.82, 2.24) is 4.90 Å². The number of nitrogens with zero attached hydrogens (tertiary/aromatic N) is 1. The Balaban J connectivity index is 2.39. The minimum absolute atomic E-state index is 0.0376. The van der Waals surface area contributed by atoms with Gasteiger partial charge >= 0.3 is 0 Å². The number of hydrogen-bond donors (Lipinski definition) is 2. The normalized spacial score (nSPS) is 24.0. The third-order valence-corrected chi connectivity index (χ3v) is 5.55. The molecule has 1 aliphatic rings. The fourth-order valence-corrected chi connectivity index (χ4v) is 3.76. The van der Waals surface area contributed by atoms with Crippen LogP contribution in [0.15, 0.2) is 43.0 Å². The first-order valence-electron chi connectivity index (χ1n) is 10.1. The van der Waals surface area contributed by atoms with Crippen molar-refractivity contribution in [1.29, 1.82) is 0 Å². The smallest absolute Gasteiger partial charge is 0.163 e. The minimum atomic E-state index is -0.790. The van der Waals surface area contributed by atoms with E-state index in [0.717, 1.165) is 0 Å². The molecule has 1 fully saturated rings.